The molecule has 1 aliphatic carbocycles. The molecule has 0 bridgehead atoms. The fraction of sp³-hybridized carbons (Fsp3) is 0.667. The van der Waals surface area contributed by atoms with Crippen LogP contribution in [0, 0.1) is 5.92 Å². The molecule has 2 aliphatic rings. The van der Waals surface area contributed by atoms with Crippen LogP contribution in [0.15, 0.2) is 24.3 Å². The number of carbonyl (C=O) groups excluding carboxylic acids is 1. The van der Waals surface area contributed by atoms with Gasteiger partial charge in [0.2, 0.25) is 0 Å². The van der Waals surface area contributed by atoms with E-state index in [9.17, 15) is 4.79 Å². The molecule has 0 amide bonds. The molecule has 2 heteroatoms. The zero-order valence-electron chi connectivity index (χ0n) is 10.6. The van der Waals surface area contributed by atoms with Crippen LogP contribution in [0.4, 0.5) is 0 Å². The number of allylic oxidation sites excluding steroid dienone is 4. The van der Waals surface area contributed by atoms with Crippen LogP contribution in [0.5, 0.6) is 0 Å². The van der Waals surface area contributed by atoms with Crippen molar-refractivity contribution in [3.8, 4) is 0 Å². The van der Waals surface area contributed by atoms with E-state index in [4.69, 9.17) is 4.74 Å². The molecule has 0 radical (unpaired) electrons. The largest absolute Gasteiger partial charge is 0.367 e. The van der Waals surface area contributed by atoms with E-state index in [0.29, 0.717) is 5.78 Å². The predicted molar refractivity (Wildman–Crippen MR) is 68.8 cm³/mol. The summed E-state index contributed by atoms with van der Waals surface area (Å²) in [4.78, 5) is 12.0. The van der Waals surface area contributed by atoms with E-state index in [2.05, 4.69) is 24.3 Å². The molecule has 2 rings (SSSR count). The maximum Gasteiger partial charge on any atom is 0.166 e. The second-order valence-electron chi connectivity index (χ2n) is 5.00. The van der Waals surface area contributed by atoms with Gasteiger partial charge < -0.3 is 4.74 Å². The van der Waals surface area contributed by atoms with Gasteiger partial charge in [0.15, 0.2) is 5.78 Å². The molecule has 3 atom stereocenters. The summed E-state index contributed by atoms with van der Waals surface area (Å²) in [6, 6.07) is 0. The summed E-state index contributed by atoms with van der Waals surface area (Å²) >= 11 is 0. The van der Waals surface area contributed by atoms with Crippen molar-refractivity contribution >= 4 is 5.78 Å². The third-order valence-corrected chi connectivity index (χ3v) is 3.69. The fourth-order valence-corrected chi connectivity index (χ4v) is 2.71. The number of ketones is 1. The first-order valence-corrected chi connectivity index (χ1v) is 6.78. The van der Waals surface area contributed by atoms with Crippen LogP contribution in [-0.4, -0.2) is 18.0 Å². The van der Waals surface area contributed by atoms with Crippen LogP contribution < -0.4 is 0 Å². The van der Waals surface area contributed by atoms with Gasteiger partial charge in [0.05, 0.1) is 6.10 Å². The summed E-state index contributed by atoms with van der Waals surface area (Å²) in [5.74, 6) is 0.437. The Balaban J connectivity index is 2.01. The molecule has 94 valence electrons. The van der Waals surface area contributed by atoms with Crippen molar-refractivity contribution in [3.05, 3.63) is 24.3 Å². The Morgan fingerprint density at radius 3 is 2.29 bits per heavy atom. The molecule has 1 saturated heterocycles. The molecule has 0 spiro atoms. The van der Waals surface area contributed by atoms with Gasteiger partial charge in [-0.25, -0.2) is 0 Å². The molecule has 1 aliphatic heterocycles. The molecular formula is C15H22O2. The minimum Gasteiger partial charge on any atom is -0.367 e. The topological polar surface area (TPSA) is 26.3 Å². The summed E-state index contributed by atoms with van der Waals surface area (Å²) in [5, 5.41) is 0. The Bertz CT molecular complexity index is 317. The average molecular weight is 234 g/mol. The first-order chi connectivity index (χ1) is 8.29. The molecule has 2 nitrogen and oxygen atoms in total. The van der Waals surface area contributed by atoms with Crippen LogP contribution >= 0.6 is 0 Å². The van der Waals surface area contributed by atoms with Gasteiger partial charge in [0.1, 0.15) is 6.10 Å². The number of fused-ring (bicyclic) bond motifs is 1. The van der Waals surface area contributed by atoms with Gasteiger partial charge >= 0.3 is 0 Å². The smallest absolute Gasteiger partial charge is 0.166 e. The van der Waals surface area contributed by atoms with Gasteiger partial charge in [0, 0.05) is 5.92 Å². The number of hydrogen-bond donors (Lipinski definition) is 0. The molecule has 0 aromatic rings. The molecular weight excluding hydrogens is 212 g/mol. The van der Waals surface area contributed by atoms with E-state index in [0.717, 1.165) is 38.5 Å². The monoisotopic (exact) mass is 234 g/mol. The van der Waals surface area contributed by atoms with Gasteiger partial charge in [-0.2, -0.15) is 0 Å². The Morgan fingerprint density at radius 2 is 1.59 bits per heavy atom. The normalized spacial score (nSPS) is 38.9. The third kappa shape index (κ3) is 3.29. The van der Waals surface area contributed by atoms with Crippen molar-refractivity contribution in [1.82, 2.24) is 0 Å². The highest BCUT2D eigenvalue weighted by molar-refractivity contribution is 5.87. The number of hydrogen-bond acceptors (Lipinski definition) is 2. The molecule has 1 fully saturated rings. The number of ether oxygens (including phenoxy) is 1. The molecule has 17 heavy (non-hydrogen) atoms. The maximum absolute atomic E-state index is 12.0. The van der Waals surface area contributed by atoms with E-state index in [1.807, 2.05) is 6.92 Å². The van der Waals surface area contributed by atoms with Crippen molar-refractivity contribution in [3.63, 3.8) is 0 Å². The molecule has 0 aromatic carbocycles. The van der Waals surface area contributed by atoms with Crippen molar-refractivity contribution in [2.45, 2.75) is 57.7 Å². The van der Waals surface area contributed by atoms with Gasteiger partial charge in [-0.1, -0.05) is 24.3 Å². The SMILES string of the molecule is CC1OC2CC/C=C\CC/C=C\CCC2C1=O. The second kappa shape index (κ2) is 6.15. The Morgan fingerprint density at radius 1 is 1.00 bits per heavy atom. The summed E-state index contributed by atoms with van der Waals surface area (Å²) in [6.45, 7) is 1.89. The van der Waals surface area contributed by atoms with Crippen molar-refractivity contribution in [1.29, 1.82) is 0 Å². The quantitative estimate of drug-likeness (QED) is 0.600. The fourth-order valence-electron chi connectivity index (χ4n) is 2.71. The molecule has 0 saturated carbocycles. The summed E-state index contributed by atoms with van der Waals surface area (Å²) in [6.07, 6.45) is 15.1. The second-order valence-corrected chi connectivity index (χ2v) is 5.00. The van der Waals surface area contributed by atoms with Crippen LogP contribution in [0.2, 0.25) is 0 Å². The van der Waals surface area contributed by atoms with E-state index >= 15 is 0 Å². The molecule has 0 aromatic heterocycles. The lowest BCUT2D eigenvalue weighted by Gasteiger charge is -2.15. The number of Topliss-reactive ketones (excluding diaryl/α,β-unsaturated/α-hetero) is 1. The summed E-state index contributed by atoms with van der Waals surface area (Å²) in [7, 11) is 0. The van der Waals surface area contributed by atoms with Crippen molar-refractivity contribution in [2.75, 3.05) is 0 Å². The van der Waals surface area contributed by atoms with Crippen LogP contribution in [0.25, 0.3) is 0 Å². The number of rotatable bonds is 0. The number of carbonyl (C=O) groups is 1. The van der Waals surface area contributed by atoms with Gasteiger partial charge in [0.25, 0.3) is 0 Å². The average Bonchev–Trinajstić information content (AvgIpc) is 2.56. The molecule has 1 heterocycles. The lowest BCUT2D eigenvalue weighted by Crippen LogP contribution is -2.21. The zero-order chi connectivity index (χ0) is 12.1. The van der Waals surface area contributed by atoms with E-state index in [1.54, 1.807) is 0 Å². The predicted octanol–water partition coefficient (Wildman–Crippen LogP) is 3.43. The highest BCUT2D eigenvalue weighted by Crippen LogP contribution is 2.30. The lowest BCUT2D eigenvalue weighted by molar-refractivity contribution is -0.123. The van der Waals surface area contributed by atoms with Crippen LogP contribution in [0.3, 0.4) is 0 Å². The maximum atomic E-state index is 12.0. The lowest BCUT2D eigenvalue weighted by atomic mass is 9.90. The third-order valence-electron chi connectivity index (χ3n) is 3.69. The van der Waals surface area contributed by atoms with Crippen LogP contribution in [0.1, 0.15) is 45.4 Å². The van der Waals surface area contributed by atoms with Gasteiger partial charge in [-0.05, 0) is 45.4 Å². The minimum atomic E-state index is -0.192. The van der Waals surface area contributed by atoms with Crippen molar-refractivity contribution < 1.29 is 9.53 Å². The molecule has 3 unspecified atom stereocenters. The zero-order valence-corrected chi connectivity index (χ0v) is 10.6. The first kappa shape index (κ1) is 12.6. The Labute approximate surface area is 104 Å². The Hall–Kier alpha value is -0.890. The highest BCUT2D eigenvalue weighted by atomic mass is 16.5. The minimum absolute atomic E-state index is 0.127. The van der Waals surface area contributed by atoms with E-state index in [-0.39, 0.29) is 18.1 Å². The van der Waals surface area contributed by atoms with E-state index in [1.165, 1.54) is 0 Å². The van der Waals surface area contributed by atoms with E-state index < -0.39 is 0 Å². The summed E-state index contributed by atoms with van der Waals surface area (Å²) < 4.78 is 5.77. The van der Waals surface area contributed by atoms with Gasteiger partial charge in [-0.15, -0.1) is 0 Å². The Kier molecular flexibility index (Phi) is 4.55. The van der Waals surface area contributed by atoms with Crippen molar-refractivity contribution in [2.24, 2.45) is 5.92 Å². The summed E-state index contributed by atoms with van der Waals surface area (Å²) in [5.41, 5.74) is 0. The van der Waals surface area contributed by atoms with Gasteiger partial charge in [-0.3, -0.25) is 4.79 Å². The molecule has 0 N–H and O–H groups in total. The highest BCUT2D eigenvalue weighted by Gasteiger charge is 2.39. The van der Waals surface area contributed by atoms with Crippen LogP contribution in [-0.2, 0) is 9.53 Å². The standard InChI is InChI=1S/C15H22O2/c1-12-15(16)13-10-8-6-4-2-3-5-7-9-11-14(13)17-12/h4-7,12-14H,2-3,8-11H2,1H3/b6-4-,7-5-. The first-order valence-electron chi connectivity index (χ1n) is 6.78.